The molecule has 0 aliphatic heterocycles. The van der Waals surface area contributed by atoms with Gasteiger partial charge in [0.15, 0.2) is 0 Å². The molecule has 1 aromatic rings. The molecule has 0 atom stereocenters. The zero-order valence-corrected chi connectivity index (χ0v) is 11.5. The molecule has 0 spiro atoms. The molecule has 0 aliphatic carbocycles. The highest BCUT2D eigenvalue weighted by Crippen LogP contribution is 2.27. The summed E-state index contributed by atoms with van der Waals surface area (Å²) in [5, 5.41) is 0. The van der Waals surface area contributed by atoms with E-state index in [0.29, 0.717) is 17.8 Å². The highest BCUT2D eigenvalue weighted by molar-refractivity contribution is 6.01. The first-order valence-corrected chi connectivity index (χ1v) is 6.25. The summed E-state index contributed by atoms with van der Waals surface area (Å²) in [6.07, 6.45) is 2.66. The van der Waals surface area contributed by atoms with Crippen molar-refractivity contribution in [2.24, 2.45) is 10.7 Å². The largest absolute Gasteiger partial charge is 0.369 e. The van der Waals surface area contributed by atoms with Crippen molar-refractivity contribution in [3.8, 4) is 0 Å². The number of primary amides is 1. The third-order valence-corrected chi connectivity index (χ3v) is 2.88. The number of hydrogen-bond donors (Lipinski definition) is 1. The molecule has 2 N–H and O–H groups in total. The Morgan fingerprint density at radius 3 is 2.68 bits per heavy atom. The van der Waals surface area contributed by atoms with Gasteiger partial charge in [-0.3, -0.25) is 9.79 Å². The second kappa shape index (κ2) is 6.83. The van der Waals surface area contributed by atoms with E-state index in [1.54, 1.807) is 6.07 Å². The summed E-state index contributed by atoms with van der Waals surface area (Å²) < 4.78 is 13.3. The van der Waals surface area contributed by atoms with E-state index in [1.807, 2.05) is 26.8 Å². The standard InChI is InChI=1S/C15H19FN2O/c1-4-10(3)13-8-11(16)6-7-14(13)18-12(5-2)9-15(17)19/h4,6-8H,5,9H2,1-3H3,(H2,17,19)/b10-4-,18-12?. The highest BCUT2D eigenvalue weighted by Gasteiger charge is 2.08. The predicted molar refractivity (Wildman–Crippen MR) is 76.9 cm³/mol. The normalized spacial score (nSPS) is 12.6. The molecule has 0 heterocycles. The maximum Gasteiger partial charge on any atom is 0.223 e. The molecule has 0 saturated carbocycles. The Hall–Kier alpha value is -1.97. The number of nitrogens with two attached hydrogens (primary N) is 1. The van der Waals surface area contributed by atoms with Gasteiger partial charge in [-0.15, -0.1) is 0 Å². The number of amides is 1. The second-order valence-electron chi connectivity index (χ2n) is 4.31. The molecule has 1 rings (SSSR count). The van der Waals surface area contributed by atoms with Crippen LogP contribution in [0.4, 0.5) is 10.1 Å². The maximum atomic E-state index is 13.3. The van der Waals surface area contributed by atoms with Crippen molar-refractivity contribution in [1.82, 2.24) is 0 Å². The van der Waals surface area contributed by atoms with E-state index >= 15 is 0 Å². The lowest BCUT2D eigenvalue weighted by Gasteiger charge is -2.08. The molecule has 3 nitrogen and oxygen atoms in total. The predicted octanol–water partition coefficient (Wildman–Crippen LogP) is 3.61. The summed E-state index contributed by atoms with van der Waals surface area (Å²) in [4.78, 5) is 15.4. The van der Waals surface area contributed by atoms with Crippen LogP contribution in [-0.2, 0) is 4.79 Å². The van der Waals surface area contributed by atoms with E-state index in [9.17, 15) is 9.18 Å². The van der Waals surface area contributed by atoms with E-state index in [0.717, 1.165) is 11.1 Å². The van der Waals surface area contributed by atoms with E-state index in [4.69, 9.17) is 5.73 Å². The fraction of sp³-hybridized carbons (Fsp3) is 0.333. The minimum atomic E-state index is -0.410. The van der Waals surface area contributed by atoms with Gasteiger partial charge in [0.1, 0.15) is 5.82 Å². The molecule has 0 unspecified atom stereocenters. The third-order valence-electron chi connectivity index (χ3n) is 2.88. The van der Waals surface area contributed by atoms with Crippen LogP contribution < -0.4 is 5.73 Å². The molecule has 1 amide bonds. The second-order valence-corrected chi connectivity index (χ2v) is 4.31. The minimum absolute atomic E-state index is 0.127. The lowest BCUT2D eigenvalue weighted by molar-refractivity contribution is -0.116. The Kier molecular flexibility index (Phi) is 5.42. The van der Waals surface area contributed by atoms with Crippen LogP contribution in [-0.4, -0.2) is 11.6 Å². The number of carbonyl (C=O) groups excluding carboxylic acids is 1. The molecular weight excluding hydrogens is 243 g/mol. The van der Waals surface area contributed by atoms with Gasteiger partial charge in [-0.2, -0.15) is 0 Å². The van der Waals surface area contributed by atoms with E-state index < -0.39 is 5.91 Å². The van der Waals surface area contributed by atoms with Gasteiger partial charge in [-0.1, -0.05) is 13.0 Å². The number of aliphatic imine (C=N–C) groups is 1. The number of halogens is 1. The van der Waals surface area contributed by atoms with Crippen LogP contribution in [0.15, 0.2) is 29.3 Å². The van der Waals surface area contributed by atoms with E-state index in [2.05, 4.69) is 4.99 Å². The molecule has 0 aromatic heterocycles. The van der Waals surface area contributed by atoms with Gasteiger partial charge in [0.25, 0.3) is 0 Å². The first kappa shape index (κ1) is 15.1. The molecule has 0 bridgehead atoms. The van der Waals surface area contributed by atoms with Crippen molar-refractivity contribution < 1.29 is 9.18 Å². The van der Waals surface area contributed by atoms with Gasteiger partial charge in [-0.25, -0.2) is 4.39 Å². The van der Waals surface area contributed by atoms with Gasteiger partial charge in [-0.05, 0) is 44.0 Å². The Morgan fingerprint density at radius 2 is 2.16 bits per heavy atom. The Labute approximate surface area is 113 Å². The molecular formula is C15H19FN2O. The first-order chi connectivity index (χ1) is 8.97. The van der Waals surface area contributed by atoms with Crippen molar-refractivity contribution in [1.29, 1.82) is 0 Å². The summed E-state index contributed by atoms with van der Waals surface area (Å²) in [6.45, 7) is 5.69. The van der Waals surface area contributed by atoms with Crippen molar-refractivity contribution in [3.63, 3.8) is 0 Å². The lowest BCUT2D eigenvalue weighted by atomic mass is 10.0. The van der Waals surface area contributed by atoms with E-state index in [1.165, 1.54) is 12.1 Å². The molecule has 0 saturated heterocycles. The van der Waals surface area contributed by atoms with Crippen molar-refractivity contribution >= 4 is 22.9 Å². The van der Waals surface area contributed by atoms with Gasteiger partial charge < -0.3 is 5.73 Å². The molecule has 19 heavy (non-hydrogen) atoms. The van der Waals surface area contributed by atoms with Crippen LogP contribution in [0, 0.1) is 5.82 Å². The summed E-state index contributed by atoms with van der Waals surface area (Å²) in [5.41, 5.74) is 8.21. The Balaban J connectivity index is 3.26. The van der Waals surface area contributed by atoms with Gasteiger partial charge in [0.05, 0.1) is 12.1 Å². The number of hydrogen-bond acceptors (Lipinski definition) is 2. The Bertz CT molecular complexity index is 533. The van der Waals surface area contributed by atoms with Gasteiger partial charge in [0, 0.05) is 11.3 Å². The molecule has 4 heteroatoms. The van der Waals surface area contributed by atoms with E-state index in [-0.39, 0.29) is 12.2 Å². The number of carbonyl (C=O) groups is 1. The molecule has 0 aliphatic rings. The maximum absolute atomic E-state index is 13.3. The minimum Gasteiger partial charge on any atom is -0.369 e. The topological polar surface area (TPSA) is 55.4 Å². The van der Waals surface area contributed by atoms with Crippen LogP contribution in [0.1, 0.15) is 39.2 Å². The number of nitrogens with zero attached hydrogens (tertiary/aromatic N) is 1. The quantitative estimate of drug-likeness (QED) is 0.810. The van der Waals surface area contributed by atoms with Crippen LogP contribution in [0.3, 0.4) is 0 Å². The zero-order chi connectivity index (χ0) is 14.4. The van der Waals surface area contributed by atoms with Crippen LogP contribution >= 0.6 is 0 Å². The van der Waals surface area contributed by atoms with Gasteiger partial charge >= 0.3 is 0 Å². The molecule has 1 aromatic carbocycles. The Morgan fingerprint density at radius 1 is 1.47 bits per heavy atom. The number of rotatable bonds is 5. The fourth-order valence-corrected chi connectivity index (χ4v) is 1.69. The average molecular weight is 262 g/mol. The van der Waals surface area contributed by atoms with Crippen LogP contribution in [0.5, 0.6) is 0 Å². The fourth-order valence-electron chi connectivity index (χ4n) is 1.69. The smallest absolute Gasteiger partial charge is 0.223 e. The van der Waals surface area contributed by atoms with Crippen molar-refractivity contribution in [2.45, 2.75) is 33.6 Å². The average Bonchev–Trinajstić information content (AvgIpc) is 2.38. The highest BCUT2D eigenvalue weighted by atomic mass is 19.1. The third kappa shape index (κ3) is 4.32. The van der Waals surface area contributed by atoms with Crippen molar-refractivity contribution in [3.05, 3.63) is 35.7 Å². The molecule has 0 fully saturated rings. The number of benzene rings is 1. The van der Waals surface area contributed by atoms with Crippen molar-refractivity contribution in [2.75, 3.05) is 0 Å². The SMILES string of the molecule is C/C=C(/C)c1cc(F)ccc1N=C(CC)CC(N)=O. The number of allylic oxidation sites excluding steroid dienone is 2. The van der Waals surface area contributed by atoms with Crippen LogP contribution in [0.25, 0.3) is 5.57 Å². The van der Waals surface area contributed by atoms with Crippen LogP contribution in [0.2, 0.25) is 0 Å². The lowest BCUT2D eigenvalue weighted by Crippen LogP contribution is -2.15. The molecule has 0 radical (unpaired) electrons. The van der Waals surface area contributed by atoms with Gasteiger partial charge in [0.2, 0.25) is 5.91 Å². The monoisotopic (exact) mass is 262 g/mol. The summed E-state index contributed by atoms with van der Waals surface area (Å²) >= 11 is 0. The summed E-state index contributed by atoms with van der Waals surface area (Å²) in [7, 11) is 0. The zero-order valence-electron chi connectivity index (χ0n) is 11.5. The first-order valence-electron chi connectivity index (χ1n) is 6.25. The summed E-state index contributed by atoms with van der Waals surface area (Å²) in [6, 6.07) is 4.43. The molecule has 102 valence electrons. The summed E-state index contributed by atoms with van der Waals surface area (Å²) in [5.74, 6) is -0.713.